The molecule has 0 radical (unpaired) electrons. The topological polar surface area (TPSA) is 55.9 Å². The fourth-order valence-electron chi connectivity index (χ4n) is 5.87. The van der Waals surface area contributed by atoms with Gasteiger partial charge in [-0.05, 0) is 42.5 Å². The maximum atomic E-state index is 13.6. The van der Waals surface area contributed by atoms with Gasteiger partial charge in [-0.1, -0.05) is 51.1 Å². The molecular weight excluding hydrogens is 436 g/mol. The SMILES string of the molecule is CCC1C2=C(CC(C)(C)CC2=O)Nc2ccccc2N1CC(=O)N1CCN(c2ccccc2)CC1. The second-order valence-corrected chi connectivity index (χ2v) is 10.7. The van der Waals surface area contributed by atoms with Crippen LogP contribution in [0.25, 0.3) is 0 Å². The molecule has 0 spiro atoms. The minimum absolute atomic E-state index is 0.0699. The standard InChI is InChI=1S/C29H36N4O2/c1-4-24-28-23(18-29(2,3)19-26(28)34)30-22-12-8-9-13-25(22)33(24)20-27(35)32-16-14-31(15-17-32)21-10-6-5-7-11-21/h5-13,24,30H,4,14-20H2,1-3H3. The third-order valence-corrected chi connectivity index (χ3v) is 7.57. The minimum Gasteiger partial charge on any atom is -0.368 e. The highest BCUT2D eigenvalue weighted by atomic mass is 16.2. The van der Waals surface area contributed by atoms with Crippen LogP contribution in [0, 0.1) is 5.41 Å². The monoisotopic (exact) mass is 472 g/mol. The van der Waals surface area contributed by atoms with Gasteiger partial charge in [0.15, 0.2) is 5.78 Å². The largest absolute Gasteiger partial charge is 0.368 e. The molecule has 6 nitrogen and oxygen atoms in total. The van der Waals surface area contributed by atoms with Crippen LogP contribution in [0.1, 0.15) is 40.0 Å². The number of amides is 1. The van der Waals surface area contributed by atoms with Gasteiger partial charge in [0.2, 0.25) is 5.91 Å². The summed E-state index contributed by atoms with van der Waals surface area (Å²) in [5.41, 5.74) is 5.00. The van der Waals surface area contributed by atoms with E-state index in [4.69, 9.17) is 0 Å². The van der Waals surface area contributed by atoms with Crippen molar-refractivity contribution in [1.82, 2.24) is 4.90 Å². The molecule has 35 heavy (non-hydrogen) atoms. The van der Waals surface area contributed by atoms with Crippen LogP contribution in [0.2, 0.25) is 0 Å². The molecule has 5 rings (SSSR count). The van der Waals surface area contributed by atoms with Crippen LogP contribution in [0.5, 0.6) is 0 Å². The summed E-state index contributed by atoms with van der Waals surface area (Å²) in [6.45, 7) is 9.78. The van der Waals surface area contributed by atoms with E-state index in [1.807, 2.05) is 23.1 Å². The van der Waals surface area contributed by atoms with Gasteiger partial charge in [0.05, 0.1) is 24.0 Å². The van der Waals surface area contributed by atoms with Crippen LogP contribution in [0.15, 0.2) is 65.9 Å². The molecule has 2 aliphatic heterocycles. The van der Waals surface area contributed by atoms with Crippen molar-refractivity contribution in [3.63, 3.8) is 0 Å². The number of benzene rings is 2. The molecule has 2 heterocycles. The highest BCUT2D eigenvalue weighted by Crippen LogP contribution is 2.44. The number of ketones is 1. The van der Waals surface area contributed by atoms with Gasteiger partial charge in [0, 0.05) is 49.6 Å². The Morgan fingerprint density at radius 2 is 1.66 bits per heavy atom. The number of piperazine rings is 1. The second kappa shape index (κ2) is 9.40. The molecule has 6 heteroatoms. The predicted molar refractivity (Wildman–Crippen MR) is 142 cm³/mol. The summed E-state index contributed by atoms with van der Waals surface area (Å²) in [4.78, 5) is 33.5. The number of fused-ring (bicyclic) bond motifs is 1. The number of rotatable bonds is 4. The molecule has 1 saturated heterocycles. The van der Waals surface area contributed by atoms with Crippen molar-refractivity contribution in [2.45, 2.75) is 46.1 Å². The number of nitrogens with zero attached hydrogens (tertiary/aromatic N) is 3. The van der Waals surface area contributed by atoms with Crippen LogP contribution in [-0.4, -0.2) is 55.4 Å². The number of para-hydroxylation sites is 3. The molecule has 0 aromatic heterocycles. The lowest BCUT2D eigenvalue weighted by molar-refractivity contribution is -0.130. The van der Waals surface area contributed by atoms with Crippen LogP contribution in [-0.2, 0) is 9.59 Å². The number of Topliss-reactive ketones (excluding diaryl/α,β-unsaturated/α-hetero) is 1. The third kappa shape index (κ3) is 4.66. The fourth-order valence-corrected chi connectivity index (χ4v) is 5.87. The van der Waals surface area contributed by atoms with Crippen LogP contribution >= 0.6 is 0 Å². The third-order valence-electron chi connectivity index (χ3n) is 7.57. The van der Waals surface area contributed by atoms with Gasteiger partial charge in [0.25, 0.3) is 0 Å². The maximum Gasteiger partial charge on any atom is 0.242 e. The number of allylic oxidation sites excluding steroid dienone is 1. The molecule has 1 amide bonds. The lowest BCUT2D eigenvalue weighted by Crippen LogP contribution is -2.53. The second-order valence-electron chi connectivity index (χ2n) is 10.7. The molecule has 1 fully saturated rings. The number of hydrogen-bond acceptors (Lipinski definition) is 5. The Kier molecular flexibility index (Phi) is 6.30. The smallest absolute Gasteiger partial charge is 0.242 e. The molecule has 184 valence electrons. The average Bonchev–Trinajstić information content (AvgIpc) is 2.98. The van der Waals surface area contributed by atoms with Crippen molar-refractivity contribution >= 4 is 28.8 Å². The molecule has 2 aromatic rings. The van der Waals surface area contributed by atoms with Crippen molar-refractivity contribution in [3.05, 3.63) is 65.9 Å². The number of nitrogens with one attached hydrogen (secondary N) is 1. The van der Waals surface area contributed by atoms with E-state index in [1.54, 1.807) is 0 Å². The first-order valence-corrected chi connectivity index (χ1v) is 12.8. The number of carbonyl (C=O) groups excluding carboxylic acids is 2. The summed E-state index contributed by atoms with van der Waals surface area (Å²) in [6.07, 6.45) is 2.15. The van der Waals surface area contributed by atoms with Crippen molar-refractivity contribution in [2.75, 3.05) is 47.8 Å². The first-order chi connectivity index (χ1) is 16.9. The van der Waals surface area contributed by atoms with E-state index in [0.29, 0.717) is 19.5 Å². The van der Waals surface area contributed by atoms with E-state index in [9.17, 15) is 9.59 Å². The quantitative estimate of drug-likeness (QED) is 0.700. The first kappa shape index (κ1) is 23.5. The van der Waals surface area contributed by atoms with Gasteiger partial charge in [-0.25, -0.2) is 0 Å². The van der Waals surface area contributed by atoms with E-state index in [-0.39, 0.29) is 29.7 Å². The summed E-state index contributed by atoms with van der Waals surface area (Å²) in [6, 6.07) is 18.4. The van der Waals surface area contributed by atoms with Gasteiger partial charge in [-0.15, -0.1) is 0 Å². The summed E-state index contributed by atoms with van der Waals surface area (Å²) in [5, 5.41) is 3.60. The number of carbonyl (C=O) groups is 2. The van der Waals surface area contributed by atoms with E-state index < -0.39 is 0 Å². The molecule has 1 aliphatic carbocycles. The first-order valence-electron chi connectivity index (χ1n) is 12.8. The van der Waals surface area contributed by atoms with Crippen molar-refractivity contribution in [3.8, 4) is 0 Å². The van der Waals surface area contributed by atoms with Crippen LogP contribution in [0.3, 0.4) is 0 Å². The normalized spacial score (nSPS) is 21.7. The van der Waals surface area contributed by atoms with Gasteiger partial charge in [0.1, 0.15) is 0 Å². The molecule has 1 unspecified atom stereocenters. The molecule has 1 atom stereocenters. The Bertz CT molecular complexity index is 1130. The zero-order chi connectivity index (χ0) is 24.6. The van der Waals surface area contributed by atoms with Gasteiger partial charge in [-0.2, -0.15) is 0 Å². The van der Waals surface area contributed by atoms with E-state index in [2.05, 4.69) is 72.3 Å². The molecule has 0 saturated carbocycles. The molecule has 2 aromatic carbocycles. The van der Waals surface area contributed by atoms with Crippen LogP contribution in [0.4, 0.5) is 17.1 Å². The predicted octanol–water partition coefficient (Wildman–Crippen LogP) is 4.69. The Morgan fingerprint density at radius 1 is 0.971 bits per heavy atom. The minimum atomic E-state index is -0.112. The highest BCUT2D eigenvalue weighted by Gasteiger charge is 2.40. The molecule has 3 aliphatic rings. The fraction of sp³-hybridized carbons (Fsp3) is 0.448. The van der Waals surface area contributed by atoms with Crippen molar-refractivity contribution < 1.29 is 9.59 Å². The molecule has 0 bridgehead atoms. The summed E-state index contributed by atoms with van der Waals surface area (Å²) in [7, 11) is 0. The van der Waals surface area contributed by atoms with Gasteiger partial charge in [-0.3, -0.25) is 9.59 Å². The zero-order valence-corrected chi connectivity index (χ0v) is 21.1. The maximum absolute atomic E-state index is 13.6. The van der Waals surface area contributed by atoms with E-state index in [1.165, 1.54) is 5.69 Å². The van der Waals surface area contributed by atoms with Crippen molar-refractivity contribution in [1.29, 1.82) is 0 Å². The van der Waals surface area contributed by atoms with Gasteiger partial charge < -0.3 is 20.0 Å². The van der Waals surface area contributed by atoms with Crippen molar-refractivity contribution in [2.24, 2.45) is 5.41 Å². The zero-order valence-electron chi connectivity index (χ0n) is 21.1. The van der Waals surface area contributed by atoms with Crippen LogP contribution < -0.4 is 15.1 Å². The average molecular weight is 473 g/mol. The Morgan fingerprint density at radius 3 is 2.37 bits per heavy atom. The summed E-state index contributed by atoms with van der Waals surface area (Å²) >= 11 is 0. The van der Waals surface area contributed by atoms with Gasteiger partial charge >= 0.3 is 0 Å². The van der Waals surface area contributed by atoms with E-state index >= 15 is 0 Å². The highest BCUT2D eigenvalue weighted by molar-refractivity contribution is 6.01. The Labute approximate surface area is 208 Å². The number of anilines is 3. The summed E-state index contributed by atoms with van der Waals surface area (Å²) in [5.74, 6) is 0.330. The number of hydrogen-bond donors (Lipinski definition) is 1. The molecule has 1 N–H and O–H groups in total. The Hall–Kier alpha value is -3.28. The van der Waals surface area contributed by atoms with E-state index in [0.717, 1.165) is 48.6 Å². The Balaban J connectivity index is 1.39. The lowest BCUT2D eigenvalue weighted by atomic mass is 9.74. The lowest BCUT2D eigenvalue weighted by Gasteiger charge is -2.40. The summed E-state index contributed by atoms with van der Waals surface area (Å²) < 4.78 is 0. The molecular formula is C29H36N4O2.